The molecule has 2 aromatic rings. The molecule has 0 radical (unpaired) electrons. The third-order valence-electron chi connectivity index (χ3n) is 3.68. The number of nitrogens with one attached hydrogen (secondary N) is 2. The van der Waals surface area contributed by atoms with Crippen molar-refractivity contribution in [3.63, 3.8) is 0 Å². The highest BCUT2D eigenvalue weighted by atomic mass is 79.9. The topological polar surface area (TPSA) is 119 Å². The van der Waals surface area contributed by atoms with E-state index in [2.05, 4.69) is 26.6 Å². The van der Waals surface area contributed by atoms with Crippen molar-refractivity contribution in [1.82, 2.24) is 0 Å². The van der Waals surface area contributed by atoms with Gasteiger partial charge in [-0.05, 0) is 42.5 Å². The summed E-state index contributed by atoms with van der Waals surface area (Å²) in [6.07, 6.45) is -0.415. The molecule has 0 aliphatic rings. The predicted octanol–water partition coefficient (Wildman–Crippen LogP) is 3.41. The highest BCUT2D eigenvalue weighted by Gasteiger charge is 2.18. The summed E-state index contributed by atoms with van der Waals surface area (Å²) in [5.74, 6) is -2.19. The van der Waals surface area contributed by atoms with Gasteiger partial charge in [0.15, 0.2) is 16.4 Å². The molecule has 2 rings (SSSR count). The van der Waals surface area contributed by atoms with Gasteiger partial charge in [0.2, 0.25) is 5.91 Å². The second-order valence-corrected chi connectivity index (χ2v) is 9.54. The molecule has 0 saturated heterocycles. The Labute approximate surface area is 187 Å². The van der Waals surface area contributed by atoms with Crippen molar-refractivity contribution < 1.29 is 27.5 Å². The number of benzene rings is 2. The van der Waals surface area contributed by atoms with E-state index in [0.29, 0.717) is 16.4 Å². The molecule has 0 saturated carbocycles. The molecule has 11 heteroatoms. The van der Waals surface area contributed by atoms with Gasteiger partial charge in [-0.3, -0.25) is 14.4 Å². The van der Waals surface area contributed by atoms with E-state index in [4.69, 9.17) is 16.3 Å². The average molecular weight is 518 g/mol. The smallest absolute Gasteiger partial charge is 0.307 e. The molecule has 0 unspecified atom stereocenters. The first-order valence-electron chi connectivity index (χ1n) is 8.58. The van der Waals surface area contributed by atoms with Crippen LogP contribution in [-0.4, -0.2) is 38.6 Å². The number of halogens is 2. The van der Waals surface area contributed by atoms with Crippen molar-refractivity contribution in [2.75, 3.05) is 23.0 Å². The Kier molecular flexibility index (Phi) is 8.39. The van der Waals surface area contributed by atoms with Crippen LogP contribution >= 0.6 is 27.5 Å². The molecule has 2 amide bonds. The lowest BCUT2D eigenvalue weighted by molar-refractivity contribution is -0.146. The zero-order valence-corrected chi connectivity index (χ0v) is 18.9. The van der Waals surface area contributed by atoms with Crippen LogP contribution in [0.25, 0.3) is 0 Å². The zero-order chi connectivity index (χ0) is 22.3. The van der Waals surface area contributed by atoms with Crippen molar-refractivity contribution in [1.29, 1.82) is 0 Å². The van der Waals surface area contributed by atoms with Crippen LogP contribution in [0.2, 0.25) is 5.02 Å². The van der Waals surface area contributed by atoms with Crippen LogP contribution in [0.3, 0.4) is 0 Å². The molecular formula is C19H18BrClN2O6S. The number of hydrogen-bond donors (Lipinski definition) is 2. The van der Waals surface area contributed by atoms with Crippen LogP contribution in [0.15, 0.2) is 51.8 Å². The monoisotopic (exact) mass is 516 g/mol. The Morgan fingerprint density at radius 1 is 1.07 bits per heavy atom. The maximum Gasteiger partial charge on any atom is 0.307 e. The van der Waals surface area contributed by atoms with Crippen molar-refractivity contribution in [2.45, 2.75) is 18.2 Å². The molecule has 2 aromatic carbocycles. The van der Waals surface area contributed by atoms with Crippen molar-refractivity contribution in [3.05, 3.63) is 52.0 Å². The summed E-state index contributed by atoms with van der Waals surface area (Å²) in [5.41, 5.74) is 0.809. The fourth-order valence-corrected chi connectivity index (χ4v) is 4.22. The van der Waals surface area contributed by atoms with Crippen molar-refractivity contribution in [3.8, 4) is 0 Å². The third-order valence-corrected chi connectivity index (χ3v) is 6.22. The van der Waals surface area contributed by atoms with E-state index in [1.54, 1.807) is 18.2 Å². The summed E-state index contributed by atoms with van der Waals surface area (Å²) in [7, 11) is -3.73. The number of ether oxygens (including phenoxy) is 1. The number of esters is 1. The molecule has 0 fully saturated rings. The van der Waals surface area contributed by atoms with Crippen LogP contribution in [0.4, 0.5) is 11.4 Å². The molecular weight excluding hydrogens is 500 g/mol. The lowest BCUT2D eigenvalue weighted by Crippen LogP contribution is -2.22. The molecule has 0 atom stereocenters. The Morgan fingerprint density at radius 3 is 2.33 bits per heavy atom. The van der Waals surface area contributed by atoms with Gasteiger partial charge in [-0.15, -0.1) is 0 Å². The quantitative estimate of drug-likeness (QED) is 0.518. The molecule has 0 spiro atoms. The number of rotatable bonds is 8. The Balaban J connectivity index is 1.83. The van der Waals surface area contributed by atoms with Crippen LogP contribution in [-0.2, 0) is 29.0 Å². The normalized spacial score (nSPS) is 10.9. The van der Waals surface area contributed by atoms with Crippen LogP contribution in [0.1, 0.15) is 13.3 Å². The number of sulfone groups is 1. The van der Waals surface area contributed by atoms with Gasteiger partial charge in [-0.1, -0.05) is 27.5 Å². The molecule has 160 valence electrons. The number of carbonyl (C=O) groups is 3. The fraction of sp³-hybridized carbons (Fsp3) is 0.211. The first-order valence-corrected chi connectivity index (χ1v) is 11.4. The standard InChI is InChI=1S/C19H18BrClN2O6S/c1-12(24)22-14-3-5-15(6-4-14)30(27,28)9-8-19(26)29-11-18(25)23-17-7-2-13(20)10-16(17)21/h2-7,10H,8-9,11H2,1H3,(H,22,24)(H,23,25). The maximum absolute atomic E-state index is 12.3. The van der Waals surface area contributed by atoms with Gasteiger partial charge < -0.3 is 15.4 Å². The summed E-state index contributed by atoms with van der Waals surface area (Å²) in [6.45, 7) is 0.765. The van der Waals surface area contributed by atoms with E-state index >= 15 is 0 Å². The molecule has 0 aliphatic carbocycles. The second kappa shape index (κ2) is 10.6. The third kappa shape index (κ3) is 7.43. The number of anilines is 2. The summed E-state index contributed by atoms with van der Waals surface area (Å²) in [4.78, 5) is 34.7. The first kappa shape index (κ1) is 23.8. The van der Waals surface area contributed by atoms with Gasteiger partial charge in [0.25, 0.3) is 5.91 Å². The van der Waals surface area contributed by atoms with Crippen molar-refractivity contribution in [2.24, 2.45) is 0 Å². The number of carbonyl (C=O) groups excluding carboxylic acids is 3. The number of amides is 2. The van der Waals surface area contributed by atoms with Crippen LogP contribution in [0.5, 0.6) is 0 Å². The SMILES string of the molecule is CC(=O)Nc1ccc(S(=O)(=O)CCC(=O)OCC(=O)Nc2ccc(Br)cc2Cl)cc1. The van der Waals surface area contributed by atoms with Gasteiger partial charge >= 0.3 is 5.97 Å². The van der Waals surface area contributed by atoms with Gasteiger partial charge in [0.05, 0.1) is 27.8 Å². The molecule has 0 aliphatic heterocycles. The lowest BCUT2D eigenvalue weighted by atomic mass is 10.3. The summed E-state index contributed by atoms with van der Waals surface area (Å²) < 4.78 is 30.2. The molecule has 0 heterocycles. The fourth-order valence-electron chi connectivity index (χ4n) is 2.28. The first-order chi connectivity index (χ1) is 14.1. The highest BCUT2D eigenvalue weighted by Crippen LogP contribution is 2.25. The lowest BCUT2D eigenvalue weighted by Gasteiger charge is -2.09. The van der Waals surface area contributed by atoms with E-state index in [1.165, 1.54) is 31.2 Å². The molecule has 0 bridgehead atoms. The van der Waals surface area contributed by atoms with Crippen LogP contribution < -0.4 is 10.6 Å². The average Bonchev–Trinajstić information content (AvgIpc) is 2.67. The summed E-state index contributed by atoms with van der Waals surface area (Å²) in [6, 6.07) is 10.4. The largest absolute Gasteiger partial charge is 0.456 e. The molecule has 0 aromatic heterocycles. The van der Waals surface area contributed by atoms with Gasteiger partial charge in [0, 0.05) is 17.1 Å². The Bertz CT molecular complexity index is 1060. The number of hydrogen-bond acceptors (Lipinski definition) is 6. The van der Waals surface area contributed by atoms with E-state index in [1.807, 2.05) is 0 Å². The van der Waals surface area contributed by atoms with Gasteiger partial charge in [-0.2, -0.15) is 0 Å². The van der Waals surface area contributed by atoms with E-state index in [-0.39, 0.29) is 10.8 Å². The molecule has 8 nitrogen and oxygen atoms in total. The minimum absolute atomic E-state index is 0.00650. The van der Waals surface area contributed by atoms with Crippen LogP contribution in [0, 0.1) is 0 Å². The minimum atomic E-state index is -3.73. The van der Waals surface area contributed by atoms with Gasteiger partial charge in [-0.25, -0.2) is 8.42 Å². The Hall–Kier alpha value is -2.43. The second-order valence-electron chi connectivity index (χ2n) is 6.11. The summed E-state index contributed by atoms with van der Waals surface area (Å²) in [5, 5.41) is 5.33. The van der Waals surface area contributed by atoms with Gasteiger partial charge in [0.1, 0.15) is 0 Å². The Morgan fingerprint density at radius 2 is 1.73 bits per heavy atom. The minimum Gasteiger partial charge on any atom is -0.456 e. The highest BCUT2D eigenvalue weighted by molar-refractivity contribution is 9.10. The molecule has 2 N–H and O–H groups in total. The van der Waals surface area contributed by atoms with E-state index in [0.717, 1.165) is 4.47 Å². The maximum atomic E-state index is 12.3. The summed E-state index contributed by atoms with van der Waals surface area (Å²) >= 11 is 9.23. The van der Waals surface area contributed by atoms with E-state index in [9.17, 15) is 22.8 Å². The van der Waals surface area contributed by atoms with Crippen molar-refractivity contribution >= 4 is 66.5 Å². The predicted molar refractivity (Wildman–Crippen MR) is 116 cm³/mol. The van der Waals surface area contributed by atoms with E-state index < -0.39 is 40.5 Å². The molecule has 30 heavy (non-hydrogen) atoms. The zero-order valence-electron chi connectivity index (χ0n) is 15.8.